The van der Waals surface area contributed by atoms with Gasteiger partial charge < -0.3 is 4.74 Å². The molecule has 2 aromatic rings. The first-order chi connectivity index (χ1) is 11.2. The van der Waals surface area contributed by atoms with E-state index in [4.69, 9.17) is 17.0 Å². The maximum absolute atomic E-state index is 5.79. The van der Waals surface area contributed by atoms with Crippen molar-refractivity contribution >= 4 is 18.4 Å². The van der Waals surface area contributed by atoms with Crippen molar-refractivity contribution in [3.63, 3.8) is 0 Å². The van der Waals surface area contributed by atoms with Crippen molar-refractivity contribution in [3.8, 4) is 5.75 Å². The Hall–Kier alpha value is -1.95. The third kappa shape index (κ3) is 5.32. The highest BCUT2D eigenvalue weighted by Gasteiger charge is 2.01. The fourth-order valence-electron chi connectivity index (χ4n) is 2.20. The zero-order chi connectivity index (χ0) is 16.5. The van der Waals surface area contributed by atoms with E-state index in [2.05, 4.69) is 22.2 Å². The van der Waals surface area contributed by atoms with Gasteiger partial charge in [0.1, 0.15) is 5.75 Å². The van der Waals surface area contributed by atoms with E-state index in [9.17, 15) is 0 Å². The van der Waals surface area contributed by atoms with Crippen molar-refractivity contribution in [1.82, 2.24) is 14.9 Å². The van der Waals surface area contributed by atoms with Crippen molar-refractivity contribution in [2.75, 3.05) is 6.61 Å². The maximum atomic E-state index is 5.79. The predicted octanol–water partition coefficient (Wildman–Crippen LogP) is 4.34. The molecule has 0 aliphatic carbocycles. The summed E-state index contributed by atoms with van der Waals surface area (Å²) in [5.74, 6) is 1.69. The molecule has 0 radical (unpaired) electrons. The number of aromatic nitrogens is 3. The van der Waals surface area contributed by atoms with Crippen molar-refractivity contribution in [3.05, 3.63) is 40.4 Å². The minimum Gasteiger partial charge on any atom is -0.494 e. The van der Waals surface area contributed by atoms with Gasteiger partial charge in [-0.1, -0.05) is 45.2 Å². The Labute approximate surface area is 142 Å². The average molecular weight is 332 g/mol. The van der Waals surface area contributed by atoms with E-state index in [1.54, 1.807) is 10.9 Å². The molecule has 1 aromatic carbocycles. The number of aryl methyl sites for hydroxylation is 1. The molecule has 0 atom stereocenters. The summed E-state index contributed by atoms with van der Waals surface area (Å²) in [7, 11) is 0. The summed E-state index contributed by atoms with van der Waals surface area (Å²) < 4.78 is 7.94. The number of hydrogen-bond acceptors (Lipinski definition) is 4. The smallest absolute Gasteiger partial charge is 0.216 e. The van der Waals surface area contributed by atoms with Crippen LogP contribution in [-0.4, -0.2) is 27.7 Å². The zero-order valence-electron chi connectivity index (χ0n) is 13.8. The Bertz CT molecular complexity index is 690. The van der Waals surface area contributed by atoms with Gasteiger partial charge in [0.15, 0.2) is 5.82 Å². The Morgan fingerprint density at radius 3 is 2.96 bits per heavy atom. The van der Waals surface area contributed by atoms with E-state index in [-0.39, 0.29) is 0 Å². The van der Waals surface area contributed by atoms with Gasteiger partial charge in [-0.3, -0.25) is 5.10 Å². The van der Waals surface area contributed by atoms with E-state index in [0.29, 0.717) is 4.77 Å². The first-order valence-corrected chi connectivity index (χ1v) is 8.59. The SMILES string of the molecule is CCCCCCOc1cccc(/C=N/n2c(CC)n[nH]c2=S)c1. The van der Waals surface area contributed by atoms with Crippen LogP contribution in [0.2, 0.25) is 0 Å². The van der Waals surface area contributed by atoms with Crippen LogP contribution in [0.1, 0.15) is 50.9 Å². The number of ether oxygens (including phenoxy) is 1. The number of nitrogens with one attached hydrogen (secondary N) is 1. The van der Waals surface area contributed by atoms with Gasteiger partial charge in [-0.05, 0) is 36.3 Å². The van der Waals surface area contributed by atoms with Gasteiger partial charge in [-0.15, -0.1) is 0 Å². The summed E-state index contributed by atoms with van der Waals surface area (Å²) >= 11 is 5.18. The molecule has 1 N–H and O–H groups in total. The predicted molar refractivity (Wildman–Crippen MR) is 95.9 cm³/mol. The monoisotopic (exact) mass is 332 g/mol. The van der Waals surface area contributed by atoms with Crippen molar-refractivity contribution < 1.29 is 4.74 Å². The van der Waals surface area contributed by atoms with Gasteiger partial charge in [0.25, 0.3) is 0 Å². The lowest BCUT2D eigenvalue weighted by Crippen LogP contribution is -1.99. The molecule has 0 amide bonds. The molecule has 0 aliphatic rings. The Morgan fingerprint density at radius 1 is 1.30 bits per heavy atom. The first kappa shape index (κ1) is 17.4. The highest BCUT2D eigenvalue weighted by atomic mass is 32.1. The first-order valence-electron chi connectivity index (χ1n) is 8.18. The standard InChI is InChI=1S/C17H24N4OS/c1-3-5-6-7-11-22-15-10-8-9-14(12-15)13-18-21-16(4-2)19-20-17(21)23/h8-10,12-13H,3-7,11H2,1-2H3,(H,20,23)/b18-13+. The lowest BCUT2D eigenvalue weighted by Gasteiger charge is -2.06. The van der Waals surface area contributed by atoms with Gasteiger partial charge in [0.05, 0.1) is 12.8 Å². The third-order valence-corrected chi connectivity index (χ3v) is 3.74. The maximum Gasteiger partial charge on any atom is 0.216 e. The minimum atomic E-state index is 0.501. The van der Waals surface area contributed by atoms with Crippen molar-refractivity contribution in [1.29, 1.82) is 0 Å². The molecule has 0 bridgehead atoms. The van der Waals surface area contributed by atoms with Crippen LogP contribution in [0.25, 0.3) is 0 Å². The molecule has 0 saturated heterocycles. The Kier molecular flexibility index (Phi) is 7.00. The van der Waals surface area contributed by atoms with E-state index in [0.717, 1.165) is 36.6 Å². The second-order valence-electron chi connectivity index (χ2n) is 5.34. The molecule has 23 heavy (non-hydrogen) atoms. The Morgan fingerprint density at radius 2 is 2.17 bits per heavy atom. The van der Waals surface area contributed by atoms with Crippen molar-refractivity contribution in [2.45, 2.75) is 46.0 Å². The van der Waals surface area contributed by atoms with E-state index in [1.165, 1.54) is 19.3 Å². The summed E-state index contributed by atoms with van der Waals surface area (Å²) in [6.07, 6.45) is 7.36. The fourth-order valence-corrected chi connectivity index (χ4v) is 2.40. The summed E-state index contributed by atoms with van der Waals surface area (Å²) in [4.78, 5) is 0. The molecule has 0 saturated carbocycles. The van der Waals surface area contributed by atoms with E-state index < -0.39 is 0 Å². The molecule has 1 aromatic heterocycles. The number of rotatable bonds is 9. The number of aromatic amines is 1. The Balaban J connectivity index is 1.98. The largest absolute Gasteiger partial charge is 0.494 e. The highest BCUT2D eigenvalue weighted by Crippen LogP contribution is 2.13. The molecule has 2 rings (SSSR count). The molecule has 0 fully saturated rings. The fraction of sp³-hybridized carbons (Fsp3) is 0.471. The number of benzene rings is 1. The van der Waals surface area contributed by atoms with Crippen LogP contribution < -0.4 is 4.74 Å². The van der Waals surface area contributed by atoms with Gasteiger partial charge in [0, 0.05) is 6.42 Å². The van der Waals surface area contributed by atoms with Crippen LogP contribution in [0.4, 0.5) is 0 Å². The van der Waals surface area contributed by atoms with Crippen LogP contribution in [0, 0.1) is 4.77 Å². The van der Waals surface area contributed by atoms with Crippen LogP contribution in [0.3, 0.4) is 0 Å². The van der Waals surface area contributed by atoms with Gasteiger partial charge in [0.2, 0.25) is 4.77 Å². The highest BCUT2D eigenvalue weighted by molar-refractivity contribution is 7.71. The topological polar surface area (TPSA) is 55.2 Å². The summed E-state index contributed by atoms with van der Waals surface area (Å²) in [5.41, 5.74) is 0.973. The number of nitrogens with zero attached hydrogens (tertiary/aromatic N) is 3. The molecule has 5 nitrogen and oxygen atoms in total. The van der Waals surface area contributed by atoms with E-state index in [1.807, 2.05) is 31.2 Å². The quantitative estimate of drug-likeness (QED) is 0.422. The van der Waals surface area contributed by atoms with Crippen LogP contribution in [0.15, 0.2) is 29.4 Å². The molecular weight excluding hydrogens is 308 g/mol. The van der Waals surface area contributed by atoms with Gasteiger partial charge in [-0.2, -0.15) is 14.9 Å². The minimum absolute atomic E-state index is 0.501. The molecule has 6 heteroatoms. The van der Waals surface area contributed by atoms with Crippen molar-refractivity contribution in [2.24, 2.45) is 5.10 Å². The molecular formula is C17H24N4OS. The summed E-state index contributed by atoms with van der Waals surface area (Å²) in [6.45, 7) is 4.98. The zero-order valence-corrected chi connectivity index (χ0v) is 14.6. The second kappa shape index (κ2) is 9.25. The lowest BCUT2D eigenvalue weighted by molar-refractivity contribution is 0.305. The second-order valence-corrected chi connectivity index (χ2v) is 5.72. The summed E-state index contributed by atoms with van der Waals surface area (Å²) in [5, 5.41) is 11.3. The lowest BCUT2D eigenvalue weighted by atomic mass is 10.2. The molecule has 0 unspecified atom stereocenters. The molecule has 1 heterocycles. The molecule has 0 aliphatic heterocycles. The number of H-pyrrole nitrogens is 1. The van der Waals surface area contributed by atoms with Gasteiger partial charge >= 0.3 is 0 Å². The van der Waals surface area contributed by atoms with E-state index >= 15 is 0 Å². The van der Waals surface area contributed by atoms with Crippen LogP contribution in [-0.2, 0) is 6.42 Å². The molecule has 124 valence electrons. The summed E-state index contributed by atoms with van der Waals surface area (Å²) in [6, 6.07) is 7.91. The van der Waals surface area contributed by atoms with Gasteiger partial charge in [-0.25, -0.2) is 0 Å². The normalized spacial score (nSPS) is 11.2. The van der Waals surface area contributed by atoms with Crippen LogP contribution in [0.5, 0.6) is 5.75 Å². The number of hydrogen-bond donors (Lipinski definition) is 1. The number of unbranched alkanes of at least 4 members (excludes halogenated alkanes) is 3. The van der Waals surface area contributed by atoms with Crippen LogP contribution >= 0.6 is 12.2 Å². The molecule has 0 spiro atoms. The average Bonchev–Trinajstić information content (AvgIpc) is 2.93. The third-order valence-electron chi connectivity index (χ3n) is 3.48.